The van der Waals surface area contributed by atoms with Crippen LogP contribution in [0.25, 0.3) is 0 Å². The van der Waals surface area contributed by atoms with Crippen LogP contribution in [0.3, 0.4) is 0 Å². The quantitative estimate of drug-likeness (QED) is 0.561. The van der Waals surface area contributed by atoms with Crippen molar-refractivity contribution in [1.82, 2.24) is 0 Å². The summed E-state index contributed by atoms with van der Waals surface area (Å²) < 4.78 is 11.0. The first-order valence-corrected chi connectivity index (χ1v) is 5.36. The molecule has 0 fully saturated rings. The van der Waals surface area contributed by atoms with Gasteiger partial charge in [-0.05, 0) is 12.8 Å². The van der Waals surface area contributed by atoms with Gasteiger partial charge in [0.05, 0.1) is 0 Å². The summed E-state index contributed by atoms with van der Waals surface area (Å²) in [5, 5.41) is 0.639. The Balaban J connectivity index is 2.69. The second-order valence-electron chi connectivity index (χ2n) is 2.77. The molecule has 0 aliphatic heterocycles. The molecule has 1 rings (SSSR count). The lowest BCUT2D eigenvalue weighted by Gasteiger charge is -2.06. The fraction of sp³-hybridized carbons (Fsp3) is 0.667. The maximum absolute atomic E-state index is 11.0. The van der Waals surface area contributed by atoms with Gasteiger partial charge in [0.25, 0.3) is 0 Å². The van der Waals surface area contributed by atoms with E-state index in [1.165, 1.54) is 6.66 Å². The second kappa shape index (κ2) is 2.50. The van der Waals surface area contributed by atoms with Crippen molar-refractivity contribution < 1.29 is 9.46 Å². The fourth-order valence-corrected chi connectivity index (χ4v) is 2.08. The summed E-state index contributed by atoms with van der Waals surface area (Å²) in [6.45, 7) is 1.36. The van der Waals surface area contributed by atoms with Crippen molar-refractivity contribution in [2.75, 3.05) is 6.66 Å². The molecule has 0 aromatic rings. The summed E-state index contributed by atoms with van der Waals surface area (Å²) in [6.07, 6.45) is 3.11. The molecule has 0 saturated carbocycles. The fourth-order valence-electron chi connectivity index (χ4n) is 1.06. The highest BCUT2D eigenvalue weighted by Gasteiger charge is 2.23. The SMILES string of the molecule is CP(=O)(O)C1=CC[C@H](N)C1. The summed E-state index contributed by atoms with van der Waals surface area (Å²) in [6, 6.07) is 0.0652. The minimum atomic E-state index is -2.97. The van der Waals surface area contributed by atoms with E-state index >= 15 is 0 Å². The van der Waals surface area contributed by atoms with Gasteiger partial charge in [0.15, 0.2) is 0 Å². The van der Waals surface area contributed by atoms with Crippen LogP contribution >= 0.6 is 7.37 Å². The van der Waals surface area contributed by atoms with Gasteiger partial charge in [-0.2, -0.15) is 0 Å². The number of hydrogen-bond donors (Lipinski definition) is 2. The van der Waals surface area contributed by atoms with E-state index in [1.807, 2.05) is 0 Å². The van der Waals surface area contributed by atoms with E-state index in [0.29, 0.717) is 11.7 Å². The number of nitrogens with two attached hydrogens (primary N) is 1. The lowest BCUT2D eigenvalue weighted by atomic mass is 10.3. The summed E-state index contributed by atoms with van der Waals surface area (Å²) in [4.78, 5) is 9.07. The molecule has 58 valence electrons. The normalized spacial score (nSPS) is 31.5. The molecule has 0 spiro atoms. The van der Waals surface area contributed by atoms with Gasteiger partial charge in [-0.3, -0.25) is 4.57 Å². The third-order valence-corrected chi connectivity index (χ3v) is 3.09. The van der Waals surface area contributed by atoms with Gasteiger partial charge < -0.3 is 10.6 Å². The van der Waals surface area contributed by atoms with Crippen molar-refractivity contribution in [1.29, 1.82) is 0 Å². The Hall–Kier alpha value is -0.110. The molecular weight excluding hydrogens is 149 g/mol. The molecule has 0 aromatic carbocycles. The molecule has 10 heavy (non-hydrogen) atoms. The first-order chi connectivity index (χ1) is 4.50. The van der Waals surface area contributed by atoms with E-state index < -0.39 is 7.37 Å². The third-order valence-electron chi connectivity index (χ3n) is 1.66. The van der Waals surface area contributed by atoms with Crippen LogP contribution in [-0.4, -0.2) is 17.6 Å². The zero-order valence-electron chi connectivity index (χ0n) is 5.95. The van der Waals surface area contributed by atoms with E-state index in [1.54, 1.807) is 6.08 Å². The molecule has 3 nitrogen and oxygen atoms in total. The van der Waals surface area contributed by atoms with Gasteiger partial charge in [0.1, 0.15) is 0 Å². The van der Waals surface area contributed by atoms with Crippen LogP contribution < -0.4 is 5.73 Å². The third kappa shape index (κ3) is 1.69. The maximum atomic E-state index is 11.0. The van der Waals surface area contributed by atoms with Crippen molar-refractivity contribution in [3.63, 3.8) is 0 Å². The Kier molecular flexibility index (Phi) is 1.99. The Bertz CT molecular complexity index is 206. The highest BCUT2D eigenvalue weighted by atomic mass is 31.2. The van der Waals surface area contributed by atoms with Gasteiger partial charge in [-0.15, -0.1) is 0 Å². The lowest BCUT2D eigenvalue weighted by molar-refractivity contribution is 0.490. The largest absolute Gasteiger partial charge is 0.341 e. The van der Waals surface area contributed by atoms with E-state index in [9.17, 15) is 4.57 Å². The minimum Gasteiger partial charge on any atom is -0.341 e. The van der Waals surface area contributed by atoms with E-state index in [0.717, 1.165) is 6.42 Å². The van der Waals surface area contributed by atoms with Crippen LogP contribution in [0.4, 0.5) is 0 Å². The van der Waals surface area contributed by atoms with Gasteiger partial charge in [0.2, 0.25) is 7.37 Å². The summed E-state index contributed by atoms with van der Waals surface area (Å²) in [5.41, 5.74) is 5.54. The Morgan fingerprint density at radius 1 is 1.90 bits per heavy atom. The summed E-state index contributed by atoms with van der Waals surface area (Å²) in [7, 11) is -2.97. The van der Waals surface area contributed by atoms with Crippen LogP contribution in [0.1, 0.15) is 12.8 Å². The van der Waals surface area contributed by atoms with Gasteiger partial charge in [-0.1, -0.05) is 6.08 Å². The van der Waals surface area contributed by atoms with Gasteiger partial charge in [0, 0.05) is 18.0 Å². The molecule has 1 unspecified atom stereocenters. The maximum Gasteiger partial charge on any atom is 0.222 e. The Morgan fingerprint density at radius 3 is 2.70 bits per heavy atom. The molecule has 1 aliphatic rings. The number of rotatable bonds is 1. The van der Waals surface area contributed by atoms with Crippen LogP contribution in [0.2, 0.25) is 0 Å². The van der Waals surface area contributed by atoms with Crippen LogP contribution in [0, 0.1) is 0 Å². The molecular formula is C6H12NO2P. The predicted molar refractivity (Wildman–Crippen MR) is 41.0 cm³/mol. The highest BCUT2D eigenvalue weighted by molar-refractivity contribution is 7.61. The molecule has 2 atom stereocenters. The van der Waals surface area contributed by atoms with Crippen molar-refractivity contribution in [2.24, 2.45) is 5.73 Å². The first-order valence-electron chi connectivity index (χ1n) is 3.25. The topological polar surface area (TPSA) is 63.3 Å². The zero-order valence-corrected chi connectivity index (χ0v) is 6.84. The van der Waals surface area contributed by atoms with Crippen LogP contribution in [0.5, 0.6) is 0 Å². The van der Waals surface area contributed by atoms with E-state index in [-0.39, 0.29) is 6.04 Å². The molecule has 0 amide bonds. The molecule has 1 aliphatic carbocycles. The molecule has 0 saturated heterocycles. The molecule has 0 bridgehead atoms. The van der Waals surface area contributed by atoms with Crippen molar-refractivity contribution in [3.05, 3.63) is 11.4 Å². The Morgan fingerprint density at radius 2 is 2.50 bits per heavy atom. The summed E-state index contributed by atoms with van der Waals surface area (Å²) in [5.74, 6) is 0. The minimum absolute atomic E-state index is 0.0652. The van der Waals surface area contributed by atoms with Gasteiger partial charge >= 0.3 is 0 Å². The number of hydrogen-bond acceptors (Lipinski definition) is 2. The summed E-state index contributed by atoms with van der Waals surface area (Å²) >= 11 is 0. The first kappa shape index (κ1) is 7.99. The molecule has 0 radical (unpaired) electrons. The lowest BCUT2D eigenvalue weighted by Crippen LogP contribution is -2.14. The van der Waals surface area contributed by atoms with Crippen LogP contribution in [0.15, 0.2) is 11.4 Å². The molecule has 0 heterocycles. The molecule has 3 N–H and O–H groups in total. The second-order valence-corrected chi connectivity index (χ2v) is 5.11. The monoisotopic (exact) mass is 161 g/mol. The van der Waals surface area contributed by atoms with E-state index in [4.69, 9.17) is 10.6 Å². The van der Waals surface area contributed by atoms with Crippen molar-refractivity contribution in [3.8, 4) is 0 Å². The van der Waals surface area contributed by atoms with Crippen molar-refractivity contribution >= 4 is 7.37 Å². The molecule has 4 heteroatoms. The Labute approximate surface area is 60.4 Å². The highest BCUT2D eigenvalue weighted by Crippen LogP contribution is 2.49. The smallest absolute Gasteiger partial charge is 0.222 e. The van der Waals surface area contributed by atoms with Crippen molar-refractivity contribution in [2.45, 2.75) is 18.9 Å². The molecule has 0 aromatic heterocycles. The zero-order chi connectivity index (χ0) is 7.78. The van der Waals surface area contributed by atoms with Crippen LogP contribution in [-0.2, 0) is 4.57 Å². The van der Waals surface area contributed by atoms with Gasteiger partial charge in [-0.25, -0.2) is 0 Å². The average Bonchev–Trinajstić information content (AvgIpc) is 2.11. The van der Waals surface area contributed by atoms with E-state index in [2.05, 4.69) is 0 Å². The predicted octanol–water partition coefficient (Wildman–Crippen LogP) is 0.892. The standard InChI is InChI=1S/C6H12NO2P/c1-10(8,9)6-3-2-5(7)4-6/h3,5H,2,4,7H2,1H3,(H,8,9)/t5-/m0/s1. The average molecular weight is 161 g/mol.